The van der Waals surface area contributed by atoms with Crippen molar-refractivity contribution in [1.29, 1.82) is 0 Å². The van der Waals surface area contributed by atoms with Crippen molar-refractivity contribution in [3.05, 3.63) is 83.3 Å². The molecule has 0 amide bonds. The molecule has 0 atom stereocenters. The van der Waals surface area contributed by atoms with Crippen molar-refractivity contribution < 1.29 is 33.3 Å². The zero-order chi connectivity index (χ0) is 24.6. The van der Waals surface area contributed by atoms with Crippen molar-refractivity contribution in [1.82, 2.24) is 0 Å². The molecule has 2 aliphatic rings. The summed E-state index contributed by atoms with van der Waals surface area (Å²) in [4.78, 5) is 34.4. The van der Waals surface area contributed by atoms with Crippen LogP contribution in [-0.4, -0.2) is 102 Å². The van der Waals surface area contributed by atoms with Crippen molar-refractivity contribution in [3.8, 4) is 0 Å². The van der Waals surface area contributed by atoms with Crippen LogP contribution in [0.2, 0.25) is 0 Å². The first-order valence-corrected chi connectivity index (χ1v) is 11.1. The Morgan fingerprint density at radius 3 is 1.47 bits per heavy atom. The number of aliphatic imine (C=N–C) groups is 2. The zero-order valence-electron chi connectivity index (χ0n) is 20.4. The first-order chi connectivity index (χ1) is 17.1. The minimum absolute atomic E-state index is 0. The van der Waals surface area contributed by atoms with Gasteiger partial charge in [0.05, 0.1) is 24.6 Å². The summed E-state index contributed by atoms with van der Waals surface area (Å²) in [5.41, 5.74) is 1.27. The van der Waals surface area contributed by atoms with Gasteiger partial charge in [-0.15, -0.1) is 0 Å². The standard InChI is InChI=1S/C26H24N2O7.K/c1-3-31-25(29)21-19(15-33-23(21)27-17-11-7-5-8-12-17)35-20-16-34-24(22(20)26(30)32-4-2)28-18-13-9-6-10-14-18;/h5-14H,3-4,15-16H2,1-2H3;. The monoisotopic (exact) mass is 515 g/mol. The molecule has 0 fully saturated rings. The number of rotatable bonds is 8. The van der Waals surface area contributed by atoms with E-state index in [4.69, 9.17) is 23.7 Å². The van der Waals surface area contributed by atoms with E-state index in [1.165, 1.54) is 0 Å². The van der Waals surface area contributed by atoms with E-state index in [2.05, 4.69) is 9.98 Å². The van der Waals surface area contributed by atoms with Crippen LogP contribution in [0.25, 0.3) is 0 Å². The van der Waals surface area contributed by atoms with Gasteiger partial charge in [0, 0.05) is 51.4 Å². The van der Waals surface area contributed by atoms with Gasteiger partial charge < -0.3 is 23.7 Å². The second-order valence-corrected chi connectivity index (χ2v) is 7.22. The van der Waals surface area contributed by atoms with Crippen molar-refractivity contribution in [2.24, 2.45) is 9.98 Å². The minimum atomic E-state index is -0.648. The first-order valence-electron chi connectivity index (χ1n) is 11.1. The number of hydrogen-bond acceptors (Lipinski definition) is 9. The van der Waals surface area contributed by atoms with Gasteiger partial charge in [-0.3, -0.25) is 0 Å². The average molecular weight is 516 g/mol. The Bertz CT molecular complexity index is 1130. The predicted molar refractivity (Wildman–Crippen MR) is 133 cm³/mol. The summed E-state index contributed by atoms with van der Waals surface area (Å²) < 4.78 is 27.7. The van der Waals surface area contributed by atoms with Crippen LogP contribution in [0.15, 0.2) is 93.3 Å². The summed E-state index contributed by atoms with van der Waals surface area (Å²) in [5, 5.41) is 0. The molecule has 0 unspecified atom stereocenters. The van der Waals surface area contributed by atoms with Crippen LogP contribution in [0.4, 0.5) is 11.4 Å². The molecule has 181 valence electrons. The van der Waals surface area contributed by atoms with Gasteiger partial charge in [-0.05, 0) is 38.1 Å². The smallest absolute Gasteiger partial charge is 0.347 e. The van der Waals surface area contributed by atoms with Crippen molar-refractivity contribution in [3.63, 3.8) is 0 Å². The maximum Gasteiger partial charge on any atom is 0.347 e. The topological polar surface area (TPSA) is 105 Å². The van der Waals surface area contributed by atoms with Crippen LogP contribution in [-0.2, 0) is 33.3 Å². The Morgan fingerprint density at radius 2 is 1.11 bits per heavy atom. The molecule has 0 aliphatic carbocycles. The van der Waals surface area contributed by atoms with E-state index in [0.29, 0.717) is 11.4 Å². The Morgan fingerprint density at radius 1 is 0.722 bits per heavy atom. The maximum absolute atomic E-state index is 12.8. The molecular formula is C26H24KN2O7. The van der Waals surface area contributed by atoms with Gasteiger partial charge in [0.2, 0.25) is 11.8 Å². The van der Waals surface area contributed by atoms with Crippen LogP contribution in [0.1, 0.15) is 13.8 Å². The van der Waals surface area contributed by atoms with Crippen LogP contribution in [0.5, 0.6) is 0 Å². The van der Waals surface area contributed by atoms with E-state index in [1.54, 1.807) is 38.1 Å². The summed E-state index contributed by atoms with van der Waals surface area (Å²) in [6.45, 7) is 3.54. The second-order valence-electron chi connectivity index (χ2n) is 7.22. The number of carbonyl (C=O) groups excluding carboxylic acids is 2. The van der Waals surface area contributed by atoms with Gasteiger partial charge in [-0.25, -0.2) is 19.6 Å². The molecule has 2 aliphatic heterocycles. The van der Waals surface area contributed by atoms with E-state index < -0.39 is 11.9 Å². The van der Waals surface area contributed by atoms with Gasteiger partial charge in [-0.2, -0.15) is 0 Å². The van der Waals surface area contributed by atoms with E-state index in [9.17, 15) is 9.59 Å². The Labute approximate surface area is 251 Å². The van der Waals surface area contributed by atoms with E-state index in [1.807, 2.05) is 36.4 Å². The minimum Gasteiger partial charge on any atom is -0.469 e. The summed E-state index contributed by atoms with van der Waals surface area (Å²) in [5.74, 6) is -0.853. The second kappa shape index (κ2) is 13.5. The van der Waals surface area contributed by atoms with Crippen LogP contribution in [0, 0.1) is 0 Å². The Kier molecular flexibility index (Phi) is 10.4. The molecule has 2 heterocycles. The van der Waals surface area contributed by atoms with Crippen molar-refractivity contribution in [2.75, 3.05) is 26.4 Å². The molecule has 2 aromatic carbocycles. The van der Waals surface area contributed by atoms with Crippen LogP contribution < -0.4 is 0 Å². The molecule has 4 rings (SSSR count). The third kappa shape index (κ3) is 6.71. The fourth-order valence-corrected chi connectivity index (χ4v) is 3.33. The summed E-state index contributed by atoms with van der Waals surface area (Å²) in [7, 11) is 0. The molecule has 2 aromatic rings. The van der Waals surface area contributed by atoms with Crippen LogP contribution in [0.3, 0.4) is 0 Å². The molecule has 9 nitrogen and oxygen atoms in total. The van der Waals surface area contributed by atoms with E-state index >= 15 is 0 Å². The fourth-order valence-electron chi connectivity index (χ4n) is 3.33. The average Bonchev–Trinajstić information content (AvgIpc) is 3.44. The van der Waals surface area contributed by atoms with Gasteiger partial charge in [0.1, 0.15) is 13.2 Å². The molecule has 1 radical (unpaired) electrons. The fraction of sp³-hybridized carbons (Fsp3) is 0.231. The molecule has 0 spiro atoms. The third-order valence-electron chi connectivity index (χ3n) is 4.84. The molecule has 0 saturated heterocycles. The Balaban J connectivity index is 0.00000361. The quantitative estimate of drug-likeness (QED) is 0.389. The van der Waals surface area contributed by atoms with E-state index in [0.717, 1.165) is 0 Å². The number of esters is 2. The predicted octanol–water partition coefficient (Wildman–Crippen LogP) is 3.78. The van der Waals surface area contributed by atoms with Gasteiger partial charge >= 0.3 is 11.9 Å². The van der Waals surface area contributed by atoms with E-state index in [-0.39, 0.29) is 112 Å². The maximum atomic E-state index is 12.8. The largest absolute Gasteiger partial charge is 0.469 e. The number of para-hydroxylation sites is 2. The summed E-state index contributed by atoms with van der Waals surface area (Å²) in [6.07, 6.45) is 0. The number of nitrogens with zero attached hydrogens (tertiary/aromatic N) is 2. The molecular weight excluding hydrogens is 491 g/mol. The number of ether oxygens (including phenoxy) is 5. The zero-order valence-corrected chi connectivity index (χ0v) is 23.5. The molecule has 10 heteroatoms. The number of hydrogen-bond donors (Lipinski definition) is 0. The molecule has 0 aromatic heterocycles. The summed E-state index contributed by atoms with van der Waals surface area (Å²) >= 11 is 0. The SMILES string of the molecule is CCOC(=O)C1=C(OC2=C(C(=O)OCC)C(=Nc3ccccc3)OC2)COC1=Nc1ccccc1.[K]. The van der Waals surface area contributed by atoms with Gasteiger partial charge in [0.25, 0.3) is 0 Å². The molecule has 36 heavy (non-hydrogen) atoms. The van der Waals surface area contributed by atoms with Gasteiger partial charge in [-0.1, -0.05) is 36.4 Å². The van der Waals surface area contributed by atoms with Crippen molar-refractivity contribution >= 4 is 86.5 Å². The molecule has 0 bridgehead atoms. The van der Waals surface area contributed by atoms with Gasteiger partial charge in [0.15, 0.2) is 22.7 Å². The third-order valence-corrected chi connectivity index (χ3v) is 4.84. The normalized spacial score (nSPS) is 16.9. The summed E-state index contributed by atoms with van der Waals surface area (Å²) in [6, 6.07) is 18.1. The number of benzene rings is 2. The number of carbonyl (C=O) groups is 2. The van der Waals surface area contributed by atoms with Crippen molar-refractivity contribution in [2.45, 2.75) is 13.8 Å². The van der Waals surface area contributed by atoms with Crippen LogP contribution >= 0.6 is 0 Å². The molecule has 0 N–H and O–H groups in total. The first kappa shape index (κ1) is 27.8. The Hall–Kier alpha value is -2.76. The molecule has 0 saturated carbocycles.